The van der Waals surface area contributed by atoms with Crippen LogP contribution in [0.2, 0.25) is 0 Å². The molecule has 1 aromatic carbocycles. The molecule has 3 aromatic heterocycles. The van der Waals surface area contributed by atoms with Crippen molar-refractivity contribution in [3.63, 3.8) is 0 Å². The van der Waals surface area contributed by atoms with Crippen LogP contribution in [0.5, 0.6) is 0 Å². The Bertz CT molecular complexity index is 1040. The van der Waals surface area contributed by atoms with E-state index >= 15 is 0 Å². The molecule has 5 nitrogen and oxygen atoms in total. The zero-order valence-electron chi connectivity index (χ0n) is 13.9. The van der Waals surface area contributed by atoms with Gasteiger partial charge in [-0.15, -0.1) is 0 Å². The maximum Gasteiger partial charge on any atom is 0.151 e. The summed E-state index contributed by atoms with van der Waals surface area (Å²) in [6.07, 6.45) is 3.28. The van der Waals surface area contributed by atoms with Crippen LogP contribution in [-0.2, 0) is 0 Å². The van der Waals surface area contributed by atoms with Gasteiger partial charge in [-0.2, -0.15) is 0 Å². The molecule has 0 fully saturated rings. The van der Waals surface area contributed by atoms with Gasteiger partial charge in [-0.05, 0) is 55.8 Å². The lowest BCUT2D eigenvalue weighted by Crippen LogP contribution is -2.01. The van der Waals surface area contributed by atoms with Crippen molar-refractivity contribution in [2.45, 2.75) is 13.8 Å². The lowest BCUT2D eigenvalue weighted by molar-refractivity contribution is 0.628. The van der Waals surface area contributed by atoms with E-state index in [2.05, 4.69) is 20.3 Å². The molecule has 0 aliphatic carbocycles. The first kappa shape index (κ1) is 15.3. The van der Waals surface area contributed by atoms with Crippen molar-refractivity contribution < 1.29 is 4.39 Å². The van der Waals surface area contributed by atoms with E-state index in [-0.39, 0.29) is 5.82 Å². The van der Waals surface area contributed by atoms with Crippen molar-refractivity contribution in [1.82, 2.24) is 19.5 Å². The number of aromatic nitrogens is 4. The molecule has 4 aromatic rings. The number of halogens is 1. The van der Waals surface area contributed by atoms with Crippen molar-refractivity contribution in [3.8, 4) is 5.82 Å². The third kappa shape index (κ3) is 2.61. The number of hydrogen-bond acceptors (Lipinski definition) is 4. The molecule has 4 rings (SSSR count). The molecule has 0 atom stereocenters. The van der Waals surface area contributed by atoms with Crippen LogP contribution in [0, 0.1) is 19.7 Å². The van der Waals surface area contributed by atoms with Crippen molar-refractivity contribution in [3.05, 3.63) is 72.1 Å². The molecule has 3 heterocycles. The van der Waals surface area contributed by atoms with Crippen LogP contribution in [0.3, 0.4) is 0 Å². The van der Waals surface area contributed by atoms with E-state index in [9.17, 15) is 4.39 Å². The lowest BCUT2D eigenvalue weighted by Gasteiger charge is -2.08. The Morgan fingerprint density at radius 2 is 1.76 bits per heavy atom. The number of anilines is 2. The van der Waals surface area contributed by atoms with Gasteiger partial charge in [0.25, 0.3) is 0 Å². The van der Waals surface area contributed by atoms with Gasteiger partial charge in [0.2, 0.25) is 0 Å². The number of hydrogen-bond donors (Lipinski definition) is 1. The molecule has 25 heavy (non-hydrogen) atoms. The topological polar surface area (TPSA) is 55.6 Å². The van der Waals surface area contributed by atoms with Gasteiger partial charge in [-0.25, -0.2) is 19.3 Å². The van der Waals surface area contributed by atoms with Crippen LogP contribution in [0.15, 0.2) is 55.0 Å². The number of nitrogens with zero attached hydrogens (tertiary/aromatic N) is 4. The SMILES string of the molecule is Cc1c(C)n(-c2ccccn2)c2ncnc(Nc3ccc(F)cc3)c12. The van der Waals surface area contributed by atoms with Crippen molar-refractivity contribution in [2.24, 2.45) is 0 Å². The predicted molar refractivity (Wildman–Crippen MR) is 95.8 cm³/mol. The molecule has 0 bridgehead atoms. The first-order chi connectivity index (χ1) is 12.1. The van der Waals surface area contributed by atoms with Crippen LogP contribution >= 0.6 is 0 Å². The molecular formula is C19H16FN5. The number of aryl methyl sites for hydroxylation is 1. The van der Waals surface area contributed by atoms with E-state index in [1.807, 2.05) is 36.6 Å². The summed E-state index contributed by atoms with van der Waals surface area (Å²) in [6, 6.07) is 12.0. The van der Waals surface area contributed by atoms with Crippen molar-refractivity contribution >= 4 is 22.5 Å². The van der Waals surface area contributed by atoms with Crippen LogP contribution < -0.4 is 5.32 Å². The van der Waals surface area contributed by atoms with E-state index in [0.717, 1.165) is 33.8 Å². The van der Waals surface area contributed by atoms with Crippen molar-refractivity contribution in [1.29, 1.82) is 0 Å². The van der Waals surface area contributed by atoms with Gasteiger partial charge in [0, 0.05) is 17.6 Å². The van der Waals surface area contributed by atoms with Gasteiger partial charge in [-0.3, -0.25) is 4.57 Å². The molecule has 0 unspecified atom stereocenters. The molecule has 0 spiro atoms. The smallest absolute Gasteiger partial charge is 0.151 e. The number of benzene rings is 1. The van der Waals surface area contributed by atoms with Gasteiger partial charge >= 0.3 is 0 Å². The average Bonchev–Trinajstić information content (AvgIpc) is 2.89. The fourth-order valence-electron chi connectivity index (χ4n) is 2.93. The minimum atomic E-state index is -0.272. The van der Waals surface area contributed by atoms with Gasteiger partial charge in [-0.1, -0.05) is 6.07 Å². The second kappa shape index (κ2) is 5.98. The highest BCUT2D eigenvalue weighted by molar-refractivity contribution is 5.94. The minimum absolute atomic E-state index is 0.272. The normalized spacial score (nSPS) is 11.0. The van der Waals surface area contributed by atoms with E-state index in [4.69, 9.17) is 0 Å². The summed E-state index contributed by atoms with van der Waals surface area (Å²) in [5, 5.41) is 4.18. The maximum atomic E-state index is 13.1. The Morgan fingerprint density at radius 1 is 0.960 bits per heavy atom. The van der Waals surface area contributed by atoms with Gasteiger partial charge in [0.15, 0.2) is 5.65 Å². The summed E-state index contributed by atoms with van der Waals surface area (Å²) in [5.74, 6) is 1.23. The first-order valence-corrected chi connectivity index (χ1v) is 7.92. The Balaban J connectivity index is 1.89. The second-order valence-corrected chi connectivity index (χ2v) is 5.79. The molecule has 0 radical (unpaired) electrons. The molecule has 0 aliphatic heterocycles. The van der Waals surface area contributed by atoms with Gasteiger partial charge in [0.05, 0.1) is 5.39 Å². The molecule has 0 saturated carbocycles. The zero-order chi connectivity index (χ0) is 17.4. The number of nitrogens with one attached hydrogen (secondary N) is 1. The number of fused-ring (bicyclic) bond motifs is 1. The van der Waals surface area contributed by atoms with Gasteiger partial charge < -0.3 is 5.32 Å². The van der Waals surface area contributed by atoms with E-state index in [0.29, 0.717) is 5.82 Å². The highest BCUT2D eigenvalue weighted by Gasteiger charge is 2.18. The summed E-state index contributed by atoms with van der Waals surface area (Å²) in [4.78, 5) is 13.3. The minimum Gasteiger partial charge on any atom is -0.340 e. The van der Waals surface area contributed by atoms with E-state index in [1.165, 1.54) is 18.5 Å². The molecule has 0 amide bonds. The zero-order valence-corrected chi connectivity index (χ0v) is 13.9. The van der Waals surface area contributed by atoms with Crippen molar-refractivity contribution in [2.75, 3.05) is 5.32 Å². The molecule has 1 N–H and O–H groups in total. The van der Waals surface area contributed by atoms with Gasteiger partial charge in [0.1, 0.15) is 23.8 Å². The quantitative estimate of drug-likeness (QED) is 0.607. The summed E-state index contributed by atoms with van der Waals surface area (Å²) in [5.41, 5.74) is 3.68. The standard InChI is InChI=1S/C19H16FN5/c1-12-13(2)25(16-5-3-4-10-21-16)19-17(12)18(22-11-23-19)24-15-8-6-14(20)7-9-15/h3-11H,1-2H3,(H,22,23,24). The third-order valence-electron chi connectivity index (χ3n) is 4.28. The summed E-state index contributed by atoms with van der Waals surface area (Å²) in [6.45, 7) is 4.07. The average molecular weight is 333 g/mol. The van der Waals surface area contributed by atoms with E-state index < -0.39 is 0 Å². The monoisotopic (exact) mass is 333 g/mol. The second-order valence-electron chi connectivity index (χ2n) is 5.79. The largest absolute Gasteiger partial charge is 0.340 e. The van der Waals surface area contributed by atoms with Crippen LogP contribution in [0.1, 0.15) is 11.3 Å². The molecule has 0 saturated heterocycles. The summed E-state index contributed by atoms with van der Waals surface area (Å²) in [7, 11) is 0. The predicted octanol–water partition coefficient (Wildman–Crippen LogP) is 4.32. The Kier molecular flexibility index (Phi) is 3.65. The highest BCUT2D eigenvalue weighted by Crippen LogP contribution is 2.31. The third-order valence-corrected chi connectivity index (χ3v) is 4.28. The fourth-order valence-corrected chi connectivity index (χ4v) is 2.93. The molecule has 6 heteroatoms. The molecule has 0 aliphatic rings. The molecular weight excluding hydrogens is 317 g/mol. The molecule has 124 valence electrons. The number of rotatable bonds is 3. The summed E-state index contributed by atoms with van der Waals surface area (Å²) >= 11 is 0. The Labute approximate surface area is 144 Å². The van der Waals surface area contributed by atoms with Crippen LogP contribution in [-0.4, -0.2) is 19.5 Å². The first-order valence-electron chi connectivity index (χ1n) is 7.92. The Morgan fingerprint density at radius 3 is 2.48 bits per heavy atom. The van der Waals surface area contributed by atoms with E-state index in [1.54, 1.807) is 18.3 Å². The fraction of sp³-hybridized carbons (Fsp3) is 0.105. The number of pyridine rings is 1. The Hall–Kier alpha value is -3.28. The van der Waals surface area contributed by atoms with Crippen LogP contribution in [0.4, 0.5) is 15.9 Å². The highest BCUT2D eigenvalue weighted by atomic mass is 19.1. The van der Waals surface area contributed by atoms with Crippen LogP contribution in [0.25, 0.3) is 16.9 Å². The maximum absolute atomic E-state index is 13.1. The lowest BCUT2D eigenvalue weighted by atomic mass is 10.2. The summed E-state index contributed by atoms with van der Waals surface area (Å²) < 4.78 is 15.1.